The van der Waals surface area contributed by atoms with Gasteiger partial charge in [-0.3, -0.25) is 4.98 Å². The Bertz CT molecular complexity index is 724. The van der Waals surface area contributed by atoms with Crippen LogP contribution in [-0.4, -0.2) is 35.2 Å². The van der Waals surface area contributed by atoms with Crippen LogP contribution in [0.2, 0.25) is 5.02 Å². The van der Waals surface area contributed by atoms with Gasteiger partial charge in [-0.2, -0.15) is 0 Å². The van der Waals surface area contributed by atoms with Crippen molar-refractivity contribution in [3.63, 3.8) is 0 Å². The highest BCUT2D eigenvalue weighted by Gasteiger charge is 2.23. The highest BCUT2D eigenvalue weighted by atomic mass is 35.5. The highest BCUT2D eigenvalue weighted by molar-refractivity contribution is 6.33. The third-order valence-electron chi connectivity index (χ3n) is 4.00. The van der Waals surface area contributed by atoms with E-state index < -0.39 is 5.82 Å². The molecule has 132 valence electrons. The number of aromatic nitrogens is 1. The summed E-state index contributed by atoms with van der Waals surface area (Å²) < 4.78 is 18.8. The van der Waals surface area contributed by atoms with Gasteiger partial charge in [-0.25, -0.2) is 9.18 Å². The van der Waals surface area contributed by atoms with Crippen molar-refractivity contribution in [3.8, 4) is 0 Å². The number of rotatable bonds is 5. The molecule has 2 amide bonds. The van der Waals surface area contributed by atoms with Gasteiger partial charge in [0.2, 0.25) is 0 Å². The molecule has 0 bridgehead atoms. The van der Waals surface area contributed by atoms with E-state index in [9.17, 15) is 9.18 Å². The number of carbonyl (C=O) groups excluding carboxylic acids is 1. The largest absolute Gasteiger partial charge is 0.376 e. The minimum Gasteiger partial charge on any atom is -0.376 e. The lowest BCUT2D eigenvalue weighted by Crippen LogP contribution is -2.39. The lowest BCUT2D eigenvalue weighted by molar-refractivity contribution is 0.0819. The van der Waals surface area contributed by atoms with E-state index in [1.807, 2.05) is 12.1 Å². The van der Waals surface area contributed by atoms with E-state index >= 15 is 0 Å². The van der Waals surface area contributed by atoms with Gasteiger partial charge in [-0.15, -0.1) is 0 Å². The van der Waals surface area contributed by atoms with Crippen LogP contribution in [0.15, 0.2) is 42.7 Å². The van der Waals surface area contributed by atoms with Crippen molar-refractivity contribution in [1.82, 2.24) is 9.88 Å². The predicted octanol–water partition coefficient (Wildman–Crippen LogP) is 4.09. The number of pyridine rings is 1. The zero-order chi connectivity index (χ0) is 17.6. The number of hydrogen-bond acceptors (Lipinski definition) is 3. The van der Waals surface area contributed by atoms with Crippen molar-refractivity contribution < 1.29 is 13.9 Å². The van der Waals surface area contributed by atoms with Crippen LogP contribution < -0.4 is 5.32 Å². The molecule has 1 unspecified atom stereocenters. The highest BCUT2D eigenvalue weighted by Crippen LogP contribution is 2.23. The molecule has 7 heteroatoms. The van der Waals surface area contributed by atoms with Gasteiger partial charge in [-0.1, -0.05) is 17.7 Å². The molecule has 1 fully saturated rings. The van der Waals surface area contributed by atoms with Crippen LogP contribution in [0.4, 0.5) is 14.9 Å². The van der Waals surface area contributed by atoms with Gasteiger partial charge in [0.15, 0.2) is 0 Å². The van der Waals surface area contributed by atoms with E-state index in [0.29, 0.717) is 18.8 Å². The number of carbonyl (C=O) groups is 1. The minimum atomic E-state index is -0.449. The van der Waals surface area contributed by atoms with Crippen LogP contribution in [0.25, 0.3) is 0 Å². The summed E-state index contributed by atoms with van der Waals surface area (Å²) in [7, 11) is 0. The second-order valence-corrected chi connectivity index (χ2v) is 6.34. The molecule has 5 nitrogen and oxygen atoms in total. The van der Waals surface area contributed by atoms with Gasteiger partial charge < -0.3 is 15.0 Å². The zero-order valence-corrected chi connectivity index (χ0v) is 14.4. The molecule has 1 aromatic heterocycles. The molecule has 1 aliphatic rings. The van der Waals surface area contributed by atoms with Crippen LogP contribution in [0.3, 0.4) is 0 Å². The fourth-order valence-corrected chi connectivity index (χ4v) is 2.97. The summed E-state index contributed by atoms with van der Waals surface area (Å²) in [5.41, 5.74) is 1.29. The fourth-order valence-electron chi connectivity index (χ4n) is 2.75. The van der Waals surface area contributed by atoms with Crippen molar-refractivity contribution in [2.75, 3.05) is 18.5 Å². The standard InChI is InChI=1S/C18H19ClFN3O2/c19-16-9-14(20)5-6-17(16)22-18(24)23(12-15-4-2-8-25-15)11-13-3-1-7-21-10-13/h1,3,5-7,9-10,15H,2,4,8,11-12H2,(H,22,24). The zero-order valence-electron chi connectivity index (χ0n) is 13.6. The summed E-state index contributed by atoms with van der Waals surface area (Å²) in [6.07, 6.45) is 5.35. The first kappa shape index (κ1) is 17.6. The Balaban J connectivity index is 1.73. The van der Waals surface area contributed by atoms with Crippen molar-refractivity contribution in [3.05, 3.63) is 59.1 Å². The Morgan fingerprint density at radius 1 is 1.44 bits per heavy atom. The maximum absolute atomic E-state index is 13.2. The second kappa shape index (κ2) is 8.27. The summed E-state index contributed by atoms with van der Waals surface area (Å²) in [5.74, 6) is -0.449. The van der Waals surface area contributed by atoms with E-state index in [2.05, 4.69) is 10.3 Å². The molecular formula is C18H19ClFN3O2. The number of benzene rings is 1. The van der Waals surface area contributed by atoms with Gasteiger partial charge in [0.05, 0.1) is 16.8 Å². The molecule has 1 N–H and O–H groups in total. The molecule has 0 aliphatic carbocycles. The first-order valence-corrected chi connectivity index (χ1v) is 8.51. The summed E-state index contributed by atoms with van der Waals surface area (Å²) in [6.45, 7) is 1.59. The van der Waals surface area contributed by atoms with Crippen molar-refractivity contribution >= 4 is 23.3 Å². The maximum atomic E-state index is 13.2. The number of anilines is 1. The Kier molecular flexibility index (Phi) is 5.83. The monoisotopic (exact) mass is 363 g/mol. The first-order chi connectivity index (χ1) is 12.1. The number of nitrogens with zero attached hydrogens (tertiary/aromatic N) is 2. The minimum absolute atomic E-state index is 0.0195. The first-order valence-electron chi connectivity index (χ1n) is 8.13. The number of urea groups is 1. The molecule has 1 atom stereocenters. The number of hydrogen-bond donors (Lipinski definition) is 1. The molecule has 2 aromatic rings. The molecule has 0 saturated carbocycles. The molecule has 3 rings (SSSR count). The summed E-state index contributed by atoms with van der Waals surface area (Å²) in [5, 5.41) is 2.90. The smallest absolute Gasteiger partial charge is 0.322 e. The van der Waals surface area contributed by atoms with Gasteiger partial charge in [0, 0.05) is 32.1 Å². The van der Waals surface area contributed by atoms with Crippen molar-refractivity contribution in [2.45, 2.75) is 25.5 Å². The third-order valence-corrected chi connectivity index (χ3v) is 4.32. The van der Waals surface area contributed by atoms with Crippen LogP contribution in [0.1, 0.15) is 18.4 Å². The molecular weight excluding hydrogens is 345 g/mol. The number of halogens is 2. The van der Waals surface area contributed by atoms with Gasteiger partial charge in [0.1, 0.15) is 5.82 Å². The average Bonchev–Trinajstić information content (AvgIpc) is 3.11. The molecule has 1 aromatic carbocycles. The van der Waals surface area contributed by atoms with Crippen LogP contribution in [-0.2, 0) is 11.3 Å². The Morgan fingerprint density at radius 2 is 2.32 bits per heavy atom. The van der Waals surface area contributed by atoms with Crippen molar-refractivity contribution in [1.29, 1.82) is 0 Å². The van der Waals surface area contributed by atoms with Crippen LogP contribution in [0, 0.1) is 5.82 Å². The third kappa shape index (κ3) is 4.90. The quantitative estimate of drug-likeness (QED) is 0.870. The lowest BCUT2D eigenvalue weighted by Gasteiger charge is -2.26. The Hall–Kier alpha value is -2.18. The number of ether oxygens (including phenoxy) is 1. The molecule has 0 radical (unpaired) electrons. The number of nitrogens with one attached hydrogen (secondary N) is 1. The molecule has 2 heterocycles. The number of amides is 2. The topological polar surface area (TPSA) is 54.5 Å². The van der Waals surface area contributed by atoms with E-state index in [1.165, 1.54) is 18.2 Å². The summed E-state index contributed by atoms with van der Waals surface area (Å²) in [6, 6.07) is 7.30. The fraction of sp³-hybridized carbons (Fsp3) is 0.333. The molecule has 1 aliphatic heterocycles. The second-order valence-electron chi connectivity index (χ2n) is 5.93. The van der Waals surface area contributed by atoms with E-state index in [1.54, 1.807) is 17.3 Å². The van der Waals surface area contributed by atoms with Gasteiger partial charge in [-0.05, 0) is 42.7 Å². The predicted molar refractivity (Wildman–Crippen MR) is 94.0 cm³/mol. The average molecular weight is 364 g/mol. The normalized spacial score (nSPS) is 16.6. The van der Waals surface area contributed by atoms with Crippen molar-refractivity contribution in [2.24, 2.45) is 0 Å². The van der Waals surface area contributed by atoms with E-state index in [4.69, 9.17) is 16.3 Å². The van der Waals surface area contributed by atoms with Crippen LogP contribution >= 0.6 is 11.6 Å². The molecule has 0 spiro atoms. The van der Waals surface area contributed by atoms with E-state index in [-0.39, 0.29) is 17.2 Å². The Morgan fingerprint density at radius 3 is 3.00 bits per heavy atom. The lowest BCUT2D eigenvalue weighted by atomic mass is 10.2. The van der Waals surface area contributed by atoms with E-state index in [0.717, 1.165) is 25.0 Å². The van der Waals surface area contributed by atoms with Gasteiger partial charge >= 0.3 is 6.03 Å². The van der Waals surface area contributed by atoms with Crippen LogP contribution in [0.5, 0.6) is 0 Å². The Labute approximate surface area is 150 Å². The maximum Gasteiger partial charge on any atom is 0.322 e. The molecule has 25 heavy (non-hydrogen) atoms. The summed E-state index contributed by atoms with van der Waals surface area (Å²) in [4.78, 5) is 18.5. The molecule has 1 saturated heterocycles. The SMILES string of the molecule is O=C(Nc1ccc(F)cc1Cl)N(Cc1cccnc1)CC1CCCO1. The van der Waals surface area contributed by atoms with Gasteiger partial charge in [0.25, 0.3) is 0 Å². The summed E-state index contributed by atoms with van der Waals surface area (Å²) >= 11 is 6.00.